The Labute approximate surface area is 168 Å². The summed E-state index contributed by atoms with van der Waals surface area (Å²) in [6.45, 7) is 8.02. The number of carbonyl (C=O) groups is 1. The van der Waals surface area contributed by atoms with Crippen LogP contribution in [0.3, 0.4) is 0 Å². The number of piperidine rings is 1. The van der Waals surface area contributed by atoms with Crippen molar-refractivity contribution in [3.05, 3.63) is 46.8 Å². The van der Waals surface area contributed by atoms with Gasteiger partial charge in [-0.15, -0.1) is 0 Å². The lowest BCUT2D eigenvalue weighted by Crippen LogP contribution is -2.41. The number of hydrogen-bond donors (Lipinski definition) is 1. The summed E-state index contributed by atoms with van der Waals surface area (Å²) in [6, 6.07) is 8.45. The van der Waals surface area contributed by atoms with E-state index in [-0.39, 0.29) is 5.91 Å². The summed E-state index contributed by atoms with van der Waals surface area (Å²) >= 11 is 0. The second kappa shape index (κ2) is 8.48. The number of aromatic nitrogens is 2. The number of nitrogens with one attached hydrogen (secondary N) is 1. The van der Waals surface area contributed by atoms with Gasteiger partial charge in [-0.05, 0) is 76.6 Å². The third kappa shape index (κ3) is 3.86. The van der Waals surface area contributed by atoms with Crippen LogP contribution in [0.4, 0.5) is 0 Å². The van der Waals surface area contributed by atoms with Gasteiger partial charge in [-0.2, -0.15) is 5.10 Å². The number of amides is 1. The van der Waals surface area contributed by atoms with Crippen molar-refractivity contribution in [2.24, 2.45) is 5.92 Å². The Balaban J connectivity index is 1.56. The molecular weight excluding hydrogens is 348 g/mol. The summed E-state index contributed by atoms with van der Waals surface area (Å²) in [5.41, 5.74) is 5.42. The van der Waals surface area contributed by atoms with E-state index in [4.69, 9.17) is 5.10 Å². The normalized spacial score (nSPS) is 17.6. The summed E-state index contributed by atoms with van der Waals surface area (Å²) in [7, 11) is 0. The maximum atomic E-state index is 13.3. The minimum atomic E-state index is 0.130. The first-order valence-corrected chi connectivity index (χ1v) is 10.8. The fraction of sp³-hybridized carbons (Fsp3) is 0.565. The standard InChI is InChI=1S/C23H32N4O/c1-3-24-16-18-12-14-26(15-13-18)23(28)22-20-6-4-5-7-21(20)27(25-22)19-10-8-17(2)9-11-19/h8-11,18,24H,3-7,12-16H2,1-2H3. The number of carbonyl (C=O) groups excluding carboxylic acids is 1. The Kier molecular flexibility index (Phi) is 5.81. The maximum Gasteiger partial charge on any atom is 0.274 e. The molecule has 1 aliphatic carbocycles. The van der Waals surface area contributed by atoms with E-state index in [1.807, 2.05) is 9.58 Å². The van der Waals surface area contributed by atoms with Crippen molar-refractivity contribution >= 4 is 5.91 Å². The average molecular weight is 381 g/mol. The molecule has 2 aromatic rings. The largest absolute Gasteiger partial charge is 0.337 e. The van der Waals surface area contributed by atoms with Crippen molar-refractivity contribution < 1.29 is 4.79 Å². The second-order valence-electron chi connectivity index (χ2n) is 8.27. The maximum absolute atomic E-state index is 13.3. The highest BCUT2D eigenvalue weighted by molar-refractivity contribution is 5.94. The molecule has 5 heteroatoms. The minimum absolute atomic E-state index is 0.130. The molecule has 1 aliphatic heterocycles. The van der Waals surface area contributed by atoms with Gasteiger partial charge in [-0.1, -0.05) is 24.6 Å². The van der Waals surface area contributed by atoms with Gasteiger partial charge in [-0.25, -0.2) is 4.68 Å². The molecule has 0 atom stereocenters. The van der Waals surface area contributed by atoms with Gasteiger partial charge in [0.25, 0.3) is 5.91 Å². The molecule has 0 radical (unpaired) electrons. The summed E-state index contributed by atoms with van der Waals surface area (Å²) in [5.74, 6) is 0.814. The van der Waals surface area contributed by atoms with Gasteiger partial charge >= 0.3 is 0 Å². The van der Waals surface area contributed by atoms with E-state index in [0.717, 1.165) is 64.0 Å². The molecule has 1 amide bonds. The molecule has 5 nitrogen and oxygen atoms in total. The van der Waals surface area contributed by atoms with E-state index in [2.05, 4.69) is 43.4 Å². The zero-order chi connectivity index (χ0) is 19.5. The van der Waals surface area contributed by atoms with Crippen molar-refractivity contribution in [3.63, 3.8) is 0 Å². The first-order valence-electron chi connectivity index (χ1n) is 10.8. The van der Waals surface area contributed by atoms with Crippen LogP contribution in [-0.2, 0) is 12.8 Å². The number of hydrogen-bond acceptors (Lipinski definition) is 3. The lowest BCUT2D eigenvalue weighted by atomic mass is 9.94. The van der Waals surface area contributed by atoms with Crippen molar-refractivity contribution in [2.45, 2.75) is 52.4 Å². The topological polar surface area (TPSA) is 50.2 Å². The molecule has 1 saturated heterocycles. The van der Waals surface area contributed by atoms with E-state index >= 15 is 0 Å². The highest BCUT2D eigenvalue weighted by atomic mass is 16.2. The van der Waals surface area contributed by atoms with Gasteiger partial charge in [0, 0.05) is 24.3 Å². The second-order valence-corrected chi connectivity index (χ2v) is 8.27. The lowest BCUT2D eigenvalue weighted by molar-refractivity contribution is 0.0682. The Bertz CT molecular complexity index is 816. The SMILES string of the molecule is CCNCC1CCN(C(=O)c2nn(-c3ccc(C)cc3)c3c2CCCC3)CC1. The van der Waals surface area contributed by atoms with Crippen LogP contribution in [0.2, 0.25) is 0 Å². The third-order valence-corrected chi connectivity index (χ3v) is 6.25. The van der Waals surface area contributed by atoms with Crippen LogP contribution >= 0.6 is 0 Å². The molecule has 1 aromatic heterocycles. The summed E-state index contributed by atoms with van der Waals surface area (Å²) < 4.78 is 2.03. The predicted octanol–water partition coefficient (Wildman–Crippen LogP) is 3.52. The van der Waals surface area contributed by atoms with Gasteiger partial charge in [0.2, 0.25) is 0 Å². The van der Waals surface area contributed by atoms with Gasteiger partial charge < -0.3 is 10.2 Å². The zero-order valence-electron chi connectivity index (χ0n) is 17.2. The lowest BCUT2D eigenvalue weighted by Gasteiger charge is -2.32. The quantitative estimate of drug-likeness (QED) is 0.863. The molecule has 2 aliphatic rings. The van der Waals surface area contributed by atoms with Gasteiger partial charge in [0.05, 0.1) is 5.69 Å². The summed E-state index contributed by atoms with van der Waals surface area (Å²) in [5, 5.41) is 8.29. The van der Waals surface area contributed by atoms with E-state index in [1.165, 1.54) is 23.2 Å². The monoisotopic (exact) mass is 380 g/mol. The molecule has 0 unspecified atom stereocenters. The fourth-order valence-corrected chi connectivity index (χ4v) is 4.51. The molecular formula is C23H32N4O. The summed E-state index contributed by atoms with van der Waals surface area (Å²) in [6.07, 6.45) is 6.47. The first kappa shape index (κ1) is 19.2. The predicted molar refractivity (Wildman–Crippen MR) is 112 cm³/mol. The van der Waals surface area contributed by atoms with E-state index in [9.17, 15) is 4.79 Å². The van der Waals surface area contributed by atoms with Gasteiger partial charge in [0.15, 0.2) is 5.69 Å². The van der Waals surface area contributed by atoms with Crippen LogP contribution in [0.25, 0.3) is 5.69 Å². The highest BCUT2D eigenvalue weighted by Gasteiger charge is 2.30. The highest BCUT2D eigenvalue weighted by Crippen LogP contribution is 2.29. The van der Waals surface area contributed by atoms with Crippen LogP contribution in [0.15, 0.2) is 24.3 Å². The van der Waals surface area contributed by atoms with Crippen LogP contribution in [0, 0.1) is 12.8 Å². The van der Waals surface area contributed by atoms with Crippen molar-refractivity contribution in [3.8, 4) is 5.69 Å². The van der Waals surface area contributed by atoms with E-state index < -0.39 is 0 Å². The number of rotatable bonds is 5. The zero-order valence-corrected chi connectivity index (χ0v) is 17.2. The van der Waals surface area contributed by atoms with E-state index in [0.29, 0.717) is 11.6 Å². The van der Waals surface area contributed by atoms with Crippen LogP contribution < -0.4 is 5.32 Å². The van der Waals surface area contributed by atoms with Crippen molar-refractivity contribution in [1.82, 2.24) is 20.0 Å². The minimum Gasteiger partial charge on any atom is -0.337 e. The smallest absolute Gasteiger partial charge is 0.274 e. The molecule has 0 spiro atoms. The third-order valence-electron chi connectivity index (χ3n) is 6.25. The van der Waals surface area contributed by atoms with E-state index in [1.54, 1.807) is 0 Å². The number of aryl methyl sites for hydroxylation is 1. The molecule has 28 heavy (non-hydrogen) atoms. The van der Waals surface area contributed by atoms with Crippen molar-refractivity contribution in [2.75, 3.05) is 26.2 Å². The first-order chi connectivity index (χ1) is 13.7. The molecule has 0 saturated carbocycles. The molecule has 0 bridgehead atoms. The Morgan fingerprint density at radius 2 is 1.86 bits per heavy atom. The molecule has 1 N–H and O–H groups in total. The van der Waals surface area contributed by atoms with Crippen LogP contribution in [0.1, 0.15) is 59.9 Å². The number of nitrogens with zero attached hydrogens (tertiary/aromatic N) is 3. The number of fused-ring (bicyclic) bond motifs is 1. The average Bonchev–Trinajstić information content (AvgIpc) is 3.12. The molecule has 1 fully saturated rings. The Hall–Kier alpha value is -2.14. The van der Waals surface area contributed by atoms with Crippen LogP contribution in [-0.4, -0.2) is 46.8 Å². The molecule has 2 heterocycles. The summed E-state index contributed by atoms with van der Waals surface area (Å²) in [4.78, 5) is 15.4. The number of benzene rings is 1. The fourth-order valence-electron chi connectivity index (χ4n) is 4.51. The van der Waals surface area contributed by atoms with Crippen LogP contribution in [0.5, 0.6) is 0 Å². The van der Waals surface area contributed by atoms with Gasteiger partial charge in [0.1, 0.15) is 0 Å². The molecule has 1 aromatic carbocycles. The Morgan fingerprint density at radius 3 is 2.57 bits per heavy atom. The van der Waals surface area contributed by atoms with Crippen molar-refractivity contribution in [1.29, 1.82) is 0 Å². The molecule has 150 valence electrons. The Morgan fingerprint density at radius 1 is 1.14 bits per heavy atom. The van der Waals surface area contributed by atoms with Gasteiger partial charge in [-0.3, -0.25) is 4.79 Å². The molecule has 4 rings (SSSR count). The number of likely N-dealkylation sites (tertiary alicyclic amines) is 1.